The van der Waals surface area contributed by atoms with Gasteiger partial charge in [-0.05, 0) is 52.0 Å². The van der Waals surface area contributed by atoms with E-state index in [0.29, 0.717) is 6.04 Å². The van der Waals surface area contributed by atoms with Crippen molar-refractivity contribution in [2.45, 2.75) is 39.7 Å². The van der Waals surface area contributed by atoms with Gasteiger partial charge >= 0.3 is 0 Å². The SMILES string of the molecule is CCNC(=NCC(C)N1CCC(C)CC1)NCCSC. The van der Waals surface area contributed by atoms with Gasteiger partial charge in [-0.15, -0.1) is 0 Å². The minimum Gasteiger partial charge on any atom is -0.357 e. The lowest BCUT2D eigenvalue weighted by molar-refractivity contribution is 0.150. The van der Waals surface area contributed by atoms with Gasteiger partial charge in [-0.25, -0.2) is 0 Å². The Morgan fingerprint density at radius 1 is 1.35 bits per heavy atom. The topological polar surface area (TPSA) is 39.7 Å². The first-order chi connectivity index (χ1) is 9.67. The lowest BCUT2D eigenvalue weighted by atomic mass is 9.98. The maximum Gasteiger partial charge on any atom is 0.191 e. The third kappa shape index (κ3) is 6.84. The number of hydrogen-bond acceptors (Lipinski definition) is 3. The van der Waals surface area contributed by atoms with Gasteiger partial charge in [-0.2, -0.15) is 11.8 Å². The number of guanidine groups is 1. The van der Waals surface area contributed by atoms with E-state index in [0.717, 1.165) is 37.3 Å². The molecule has 1 atom stereocenters. The first kappa shape index (κ1) is 17.6. The molecule has 1 aliphatic rings. The summed E-state index contributed by atoms with van der Waals surface area (Å²) in [7, 11) is 0. The van der Waals surface area contributed by atoms with E-state index in [2.05, 4.69) is 42.6 Å². The van der Waals surface area contributed by atoms with Crippen molar-refractivity contribution in [2.24, 2.45) is 10.9 Å². The molecule has 4 nitrogen and oxygen atoms in total. The van der Waals surface area contributed by atoms with E-state index >= 15 is 0 Å². The van der Waals surface area contributed by atoms with Crippen molar-refractivity contribution in [1.29, 1.82) is 0 Å². The second-order valence-electron chi connectivity index (χ2n) is 5.71. The van der Waals surface area contributed by atoms with Crippen LogP contribution < -0.4 is 10.6 Å². The Balaban J connectivity index is 2.36. The summed E-state index contributed by atoms with van der Waals surface area (Å²) in [6.45, 7) is 12.0. The molecule has 1 unspecified atom stereocenters. The largest absolute Gasteiger partial charge is 0.357 e. The Morgan fingerprint density at radius 3 is 2.65 bits per heavy atom. The molecule has 118 valence electrons. The summed E-state index contributed by atoms with van der Waals surface area (Å²) in [4.78, 5) is 7.30. The smallest absolute Gasteiger partial charge is 0.191 e. The molecule has 2 N–H and O–H groups in total. The average Bonchev–Trinajstić information content (AvgIpc) is 2.45. The molecule has 0 aliphatic carbocycles. The molecular formula is C15H32N4S. The van der Waals surface area contributed by atoms with E-state index in [-0.39, 0.29) is 0 Å². The molecular weight excluding hydrogens is 268 g/mol. The van der Waals surface area contributed by atoms with Crippen LogP contribution in [0.3, 0.4) is 0 Å². The maximum absolute atomic E-state index is 4.72. The number of thioether (sulfide) groups is 1. The van der Waals surface area contributed by atoms with Crippen molar-refractivity contribution >= 4 is 17.7 Å². The molecule has 0 aromatic rings. The fourth-order valence-electron chi connectivity index (χ4n) is 2.42. The van der Waals surface area contributed by atoms with Crippen molar-refractivity contribution in [3.63, 3.8) is 0 Å². The molecule has 1 saturated heterocycles. The van der Waals surface area contributed by atoms with E-state index in [1.54, 1.807) is 0 Å². The predicted molar refractivity (Wildman–Crippen MR) is 91.8 cm³/mol. The van der Waals surface area contributed by atoms with Gasteiger partial charge in [0.25, 0.3) is 0 Å². The van der Waals surface area contributed by atoms with Crippen LogP contribution in [0.1, 0.15) is 33.6 Å². The minimum atomic E-state index is 0.540. The van der Waals surface area contributed by atoms with Crippen LogP contribution in [0.4, 0.5) is 0 Å². The summed E-state index contributed by atoms with van der Waals surface area (Å²) in [6, 6.07) is 0.540. The Kier molecular flexibility index (Phi) is 9.10. The van der Waals surface area contributed by atoms with E-state index < -0.39 is 0 Å². The second kappa shape index (κ2) is 10.3. The van der Waals surface area contributed by atoms with E-state index in [4.69, 9.17) is 4.99 Å². The van der Waals surface area contributed by atoms with Crippen LogP contribution in [-0.2, 0) is 0 Å². The lowest BCUT2D eigenvalue weighted by Gasteiger charge is -2.34. The molecule has 20 heavy (non-hydrogen) atoms. The van der Waals surface area contributed by atoms with Crippen LogP contribution in [0.5, 0.6) is 0 Å². The highest BCUT2D eigenvalue weighted by atomic mass is 32.2. The zero-order chi connectivity index (χ0) is 14.8. The quantitative estimate of drug-likeness (QED) is 0.429. The van der Waals surface area contributed by atoms with Crippen LogP contribution in [0, 0.1) is 5.92 Å². The molecule has 0 aromatic carbocycles. The van der Waals surface area contributed by atoms with Crippen LogP contribution in [0.15, 0.2) is 4.99 Å². The van der Waals surface area contributed by atoms with E-state index in [1.807, 2.05) is 11.8 Å². The third-order valence-corrected chi connectivity index (χ3v) is 4.51. The first-order valence-electron chi connectivity index (χ1n) is 7.92. The van der Waals surface area contributed by atoms with Gasteiger partial charge in [0.15, 0.2) is 5.96 Å². The normalized spacial score (nSPS) is 19.9. The van der Waals surface area contributed by atoms with Gasteiger partial charge < -0.3 is 10.6 Å². The van der Waals surface area contributed by atoms with Gasteiger partial charge in [0.1, 0.15) is 0 Å². The highest BCUT2D eigenvalue weighted by Gasteiger charge is 2.19. The van der Waals surface area contributed by atoms with Crippen LogP contribution >= 0.6 is 11.8 Å². The van der Waals surface area contributed by atoms with Crippen molar-refractivity contribution < 1.29 is 0 Å². The molecule has 0 radical (unpaired) electrons. The molecule has 1 aliphatic heterocycles. The molecule has 5 heteroatoms. The molecule has 1 fully saturated rings. The highest BCUT2D eigenvalue weighted by Crippen LogP contribution is 2.17. The molecule has 0 aromatic heterocycles. The standard InChI is InChI=1S/C15H32N4S/c1-5-16-15(17-8-11-20-4)18-12-14(3)19-9-6-13(2)7-10-19/h13-14H,5-12H2,1-4H3,(H2,16,17,18). The summed E-state index contributed by atoms with van der Waals surface area (Å²) in [6.07, 6.45) is 4.80. The number of nitrogens with zero attached hydrogens (tertiary/aromatic N) is 2. The van der Waals surface area contributed by atoms with Crippen molar-refractivity contribution in [2.75, 3.05) is 44.7 Å². The van der Waals surface area contributed by atoms with Crippen LogP contribution in [0.25, 0.3) is 0 Å². The summed E-state index contributed by atoms with van der Waals surface area (Å²) in [5.41, 5.74) is 0. The van der Waals surface area contributed by atoms with Gasteiger partial charge in [-0.1, -0.05) is 6.92 Å². The van der Waals surface area contributed by atoms with Gasteiger partial charge in [-0.3, -0.25) is 9.89 Å². The summed E-state index contributed by atoms with van der Waals surface area (Å²) < 4.78 is 0. The molecule has 0 saturated carbocycles. The predicted octanol–water partition coefficient (Wildman–Crippen LogP) is 2.02. The second-order valence-corrected chi connectivity index (χ2v) is 6.69. The first-order valence-corrected chi connectivity index (χ1v) is 9.31. The molecule has 1 rings (SSSR count). The Labute approximate surface area is 129 Å². The molecule has 1 heterocycles. The number of piperidine rings is 1. The van der Waals surface area contributed by atoms with Gasteiger partial charge in [0.05, 0.1) is 6.54 Å². The fourth-order valence-corrected chi connectivity index (χ4v) is 2.73. The summed E-state index contributed by atoms with van der Waals surface area (Å²) >= 11 is 1.86. The Morgan fingerprint density at radius 2 is 2.05 bits per heavy atom. The van der Waals surface area contributed by atoms with Crippen molar-refractivity contribution in [3.05, 3.63) is 0 Å². The number of rotatable bonds is 7. The van der Waals surface area contributed by atoms with E-state index in [1.165, 1.54) is 25.9 Å². The lowest BCUT2D eigenvalue weighted by Crippen LogP contribution is -2.43. The number of hydrogen-bond donors (Lipinski definition) is 2. The van der Waals surface area contributed by atoms with Crippen LogP contribution in [0.2, 0.25) is 0 Å². The molecule has 0 spiro atoms. The summed E-state index contributed by atoms with van der Waals surface area (Å²) in [5.74, 6) is 2.97. The van der Waals surface area contributed by atoms with E-state index in [9.17, 15) is 0 Å². The number of aliphatic imine (C=N–C) groups is 1. The molecule has 0 bridgehead atoms. The molecule has 0 amide bonds. The monoisotopic (exact) mass is 300 g/mol. The zero-order valence-electron chi connectivity index (χ0n) is 13.6. The average molecular weight is 301 g/mol. The fraction of sp³-hybridized carbons (Fsp3) is 0.933. The summed E-state index contributed by atoms with van der Waals surface area (Å²) in [5, 5.41) is 6.70. The Hall–Kier alpha value is -0.420. The number of likely N-dealkylation sites (tertiary alicyclic amines) is 1. The van der Waals surface area contributed by atoms with Gasteiger partial charge in [0, 0.05) is 24.9 Å². The van der Waals surface area contributed by atoms with Crippen LogP contribution in [-0.4, -0.2) is 61.6 Å². The van der Waals surface area contributed by atoms with Gasteiger partial charge in [0.2, 0.25) is 0 Å². The van der Waals surface area contributed by atoms with Crippen molar-refractivity contribution in [1.82, 2.24) is 15.5 Å². The zero-order valence-corrected chi connectivity index (χ0v) is 14.4. The minimum absolute atomic E-state index is 0.540. The maximum atomic E-state index is 4.72. The highest BCUT2D eigenvalue weighted by molar-refractivity contribution is 7.98. The van der Waals surface area contributed by atoms with Crippen molar-refractivity contribution in [3.8, 4) is 0 Å². The third-order valence-electron chi connectivity index (χ3n) is 3.90. The Bertz CT molecular complexity index is 275. The number of nitrogens with one attached hydrogen (secondary N) is 2.